The first kappa shape index (κ1) is 35.3. The van der Waals surface area contributed by atoms with E-state index in [1.165, 1.54) is 12.1 Å². The lowest BCUT2D eigenvalue weighted by atomic mass is 9.90. The topological polar surface area (TPSA) is 142 Å². The molecule has 9 heteroatoms. The highest BCUT2D eigenvalue weighted by molar-refractivity contribution is 6.01. The number of carbonyl (C=O) groups is 1. The number of amides is 1. The highest BCUT2D eigenvalue weighted by atomic mass is 19.1. The summed E-state index contributed by atoms with van der Waals surface area (Å²) in [6.07, 6.45) is 3.97. The summed E-state index contributed by atoms with van der Waals surface area (Å²) >= 11 is 0. The largest absolute Gasteiger partial charge is 0.396 e. The summed E-state index contributed by atoms with van der Waals surface area (Å²) < 4.78 is 12.4. The van der Waals surface area contributed by atoms with E-state index in [1.54, 1.807) is 12.1 Å². The maximum Gasteiger partial charge on any atom is 0.230 e. The predicted molar refractivity (Wildman–Crippen MR) is 167 cm³/mol. The van der Waals surface area contributed by atoms with Crippen LogP contribution in [0.25, 0.3) is 0 Å². The van der Waals surface area contributed by atoms with Gasteiger partial charge in [-0.3, -0.25) is 4.79 Å². The summed E-state index contributed by atoms with van der Waals surface area (Å²) in [5.41, 5.74) is 3.36. The van der Waals surface area contributed by atoms with Crippen molar-refractivity contribution in [2.45, 2.75) is 69.6 Å². The maximum absolute atomic E-state index is 12.4. The lowest BCUT2D eigenvalue weighted by molar-refractivity contribution is -0.124. The minimum Gasteiger partial charge on any atom is -0.396 e. The molecule has 44 heavy (non-hydrogen) atoms. The molecule has 0 radical (unpaired) electrons. The van der Waals surface area contributed by atoms with Crippen molar-refractivity contribution in [3.05, 3.63) is 101 Å². The Hall–Kier alpha value is -3.18. The minimum atomic E-state index is -1.47. The van der Waals surface area contributed by atoms with Crippen molar-refractivity contribution in [3.8, 4) is 0 Å². The van der Waals surface area contributed by atoms with E-state index >= 15 is 0 Å². The Bertz CT molecular complexity index is 1260. The molecule has 1 amide bonds. The molecule has 2 atom stereocenters. The number of carbonyl (C=O) groups excluding carboxylic acids is 1. The summed E-state index contributed by atoms with van der Waals surface area (Å²) in [6.45, 7) is 0.926. The van der Waals surface area contributed by atoms with Crippen molar-refractivity contribution >= 4 is 11.6 Å². The molecule has 4 rings (SSSR count). The van der Waals surface area contributed by atoms with E-state index in [2.05, 4.69) is 0 Å². The molecule has 2 unspecified atom stereocenters. The van der Waals surface area contributed by atoms with Gasteiger partial charge in [0.1, 0.15) is 11.4 Å². The number of aryl methyl sites for hydroxylation is 2. The van der Waals surface area contributed by atoms with Crippen LogP contribution < -0.4 is 4.90 Å². The standard InChI is InChI=1S/C26H35NO6.C9H11FO/c28-15-21(16-29)3-1-2-19-6-10-23(11-7-19)27-24(14-25(27)32)22-8-4-20(5-9-22)12-13-26(33,17-30)18-31;1-2-9(11)7-3-5-8(10)6-4-7/h4-11,21,24,28-31,33H,1-3,12-18H2;3-6,9,11H,2H2,1H3. The number of aliphatic hydroxyl groups is 6. The van der Waals surface area contributed by atoms with Crippen molar-refractivity contribution in [1.82, 2.24) is 0 Å². The number of β-lactam (4-membered cyclic amide) rings is 1. The van der Waals surface area contributed by atoms with Crippen molar-refractivity contribution in [1.29, 1.82) is 0 Å². The number of halogens is 1. The molecule has 8 nitrogen and oxygen atoms in total. The van der Waals surface area contributed by atoms with Crippen LogP contribution in [0.4, 0.5) is 10.1 Å². The summed E-state index contributed by atoms with van der Waals surface area (Å²) in [5.74, 6) is -0.246. The summed E-state index contributed by atoms with van der Waals surface area (Å²) in [7, 11) is 0. The van der Waals surface area contributed by atoms with Gasteiger partial charge in [0, 0.05) is 24.8 Å². The molecule has 3 aromatic rings. The van der Waals surface area contributed by atoms with Crippen LogP contribution in [0.3, 0.4) is 0 Å². The quantitative estimate of drug-likeness (QED) is 0.143. The van der Waals surface area contributed by atoms with Gasteiger partial charge >= 0.3 is 0 Å². The van der Waals surface area contributed by atoms with E-state index in [9.17, 15) is 29.6 Å². The fourth-order valence-corrected chi connectivity index (χ4v) is 5.08. The smallest absolute Gasteiger partial charge is 0.230 e. The molecule has 0 saturated carbocycles. The predicted octanol–water partition coefficient (Wildman–Crippen LogP) is 4.01. The lowest BCUT2D eigenvalue weighted by Crippen LogP contribution is -2.46. The van der Waals surface area contributed by atoms with Crippen LogP contribution in [-0.2, 0) is 17.6 Å². The molecular formula is C35H46FNO7. The van der Waals surface area contributed by atoms with Crippen molar-refractivity contribution in [2.75, 3.05) is 31.3 Å². The zero-order chi connectivity index (χ0) is 32.1. The fraction of sp³-hybridized carbons (Fsp3) is 0.457. The average Bonchev–Trinajstić information content (AvgIpc) is 3.05. The van der Waals surface area contributed by atoms with E-state index in [1.807, 2.05) is 60.4 Å². The summed E-state index contributed by atoms with van der Waals surface area (Å²) in [6, 6.07) is 21.8. The minimum absolute atomic E-state index is 0.00239. The number of anilines is 1. The molecule has 1 aliphatic heterocycles. The lowest BCUT2D eigenvalue weighted by Gasteiger charge is -2.41. The number of rotatable bonds is 15. The first-order valence-corrected chi connectivity index (χ1v) is 15.3. The van der Waals surface area contributed by atoms with Gasteiger partial charge in [0.15, 0.2) is 0 Å². The van der Waals surface area contributed by atoms with Crippen LogP contribution >= 0.6 is 0 Å². The van der Waals surface area contributed by atoms with E-state index in [0.29, 0.717) is 19.3 Å². The average molecular weight is 612 g/mol. The van der Waals surface area contributed by atoms with E-state index in [0.717, 1.165) is 47.2 Å². The second-order valence-electron chi connectivity index (χ2n) is 11.5. The first-order chi connectivity index (χ1) is 21.2. The number of aliphatic hydroxyl groups excluding tert-OH is 5. The van der Waals surface area contributed by atoms with Crippen LogP contribution in [0.1, 0.15) is 73.4 Å². The van der Waals surface area contributed by atoms with Crippen molar-refractivity contribution in [2.24, 2.45) is 5.92 Å². The van der Waals surface area contributed by atoms with Gasteiger partial charge < -0.3 is 35.5 Å². The molecule has 1 heterocycles. The van der Waals surface area contributed by atoms with Gasteiger partial charge in [-0.1, -0.05) is 55.5 Å². The molecule has 3 aromatic carbocycles. The second kappa shape index (κ2) is 17.3. The maximum atomic E-state index is 12.4. The SMILES string of the molecule is CCC(O)c1ccc(F)cc1.O=C1CC(c2ccc(CCC(O)(CO)CO)cc2)N1c1ccc(CCCC(CO)CO)cc1. The first-order valence-electron chi connectivity index (χ1n) is 15.3. The molecule has 0 aliphatic carbocycles. The van der Waals surface area contributed by atoms with Gasteiger partial charge in [0.2, 0.25) is 5.91 Å². The molecule has 0 spiro atoms. The molecule has 240 valence electrons. The molecular weight excluding hydrogens is 565 g/mol. The van der Waals surface area contributed by atoms with Crippen LogP contribution in [0.2, 0.25) is 0 Å². The highest BCUT2D eigenvalue weighted by Crippen LogP contribution is 2.39. The summed E-state index contributed by atoms with van der Waals surface area (Å²) in [5, 5.41) is 56.1. The molecule has 1 saturated heterocycles. The van der Waals surface area contributed by atoms with Gasteiger partial charge in [-0.05, 0) is 85.0 Å². The third kappa shape index (κ3) is 9.92. The van der Waals surface area contributed by atoms with Crippen molar-refractivity contribution in [3.63, 3.8) is 0 Å². The fourth-order valence-electron chi connectivity index (χ4n) is 5.08. The Morgan fingerprint density at radius 2 is 1.43 bits per heavy atom. The number of nitrogens with zero attached hydrogens (tertiary/aromatic N) is 1. The van der Waals surface area contributed by atoms with Crippen LogP contribution in [0.15, 0.2) is 72.8 Å². The second-order valence-corrected chi connectivity index (χ2v) is 11.5. The van der Waals surface area contributed by atoms with E-state index < -0.39 is 24.9 Å². The zero-order valence-corrected chi connectivity index (χ0v) is 25.4. The van der Waals surface area contributed by atoms with Gasteiger partial charge in [-0.25, -0.2) is 4.39 Å². The highest BCUT2D eigenvalue weighted by Gasteiger charge is 2.38. The van der Waals surface area contributed by atoms with Crippen LogP contribution in [-0.4, -0.2) is 68.6 Å². The van der Waals surface area contributed by atoms with E-state index in [4.69, 9.17) is 10.2 Å². The third-order valence-electron chi connectivity index (χ3n) is 8.23. The number of benzene rings is 3. The molecule has 1 aliphatic rings. The van der Waals surface area contributed by atoms with Gasteiger partial charge in [-0.15, -0.1) is 0 Å². The van der Waals surface area contributed by atoms with Crippen LogP contribution in [0, 0.1) is 11.7 Å². The Kier molecular flexibility index (Phi) is 13.9. The monoisotopic (exact) mass is 611 g/mol. The van der Waals surface area contributed by atoms with E-state index in [-0.39, 0.29) is 43.3 Å². The van der Waals surface area contributed by atoms with Crippen molar-refractivity contribution < 1.29 is 39.8 Å². The molecule has 0 aromatic heterocycles. The van der Waals surface area contributed by atoms with Gasteiger partial charge in [0.25, 0.3) is 0 Å². The molecule has 6 N–H and O–H groups in total. The Morgan fingerprint density at radius 1 is 0.864 bits per heavy atom. The third-order valence-corrected chi connectivity index (χ3v) is 8.23. The van der Waals surface area contributed by atoms with Crippen LogP contribution in [0.5, 0.6) is 0 Å². The summed E-state index contributed by atoms with van der Waals surface area (Å²) in [4.78, 5) is 14.2. The normalized spacial score (nSPS) is 15.5. The zero-order valence-electron chi connectivity index (χ0n) is 25.4. The van der Waals surface area contributed by atoms with Gasteiger partial charge in [-0.2, -0.15) is 0 Å². The number of hydrogen-bond donors (Lipinski definition) is 6. The Morgan fingerprint density at radius 3 is 1.95 bits per heavy atom. The Labute approximate surface area is 259 Å². The Balaban J connectivity index is 0.000000404. The molecule has 1 fully saturated rings. The molecule has 0 bridgehead atoms. The number of hydrogen-bond acceptors (Lipinski definition) is 7. The van der Waals surface area contributed by atoms with Gasteiger partial charge in [0.05, 0.1) is 31.8 Å².